The van der Waals surface area contributed by atoms with Crippen molar-refractivity contribution in [3.8, 4) is 5.75 Å². The highest BCUT2D eigenvalue weighted by atomic mass is 32.2. The maximum absolute atomic E-state index is 11.8. The smallest absolute Gasteiger partial charge is 0.240 e. The quantitative estimate of drug-likeness (QED) is 0.727. The third-order valence-corrected chi connectivity index (χ3v) is 3.91. The summed E-state index contributed by atoms with van der Waals surface area (Å²) in [6.45, 7) is 1.35. The first-order chi connectivity index (χ1) is 8.42. The number of aromatic hydroxyl groups is 1. The molecule has 1 aromatic rings. The number of phenols is 1. The van der Waals surface area contributed by atoms with Crippen LogP contribution < -0.4 is 4.72 Å². The number of hydrogen-bond acceptors (Lipinski definition) is 4. The molecular weight excluding hydrogens is 252 g/mol. The van der Waals surface area contributed by atoms with Gasteiger partial charge >= 0.3 is 0 Å². The highest BCUT2D eigenvalue weighted by Crippen LogP contribution is 2.15. The summed E-state index contributed by atoms with van der Waals surface area (Å²) < 4.78 is 26.2. The molecule has 0 aliphatic carbocycles. The van der Waals surface area contributed by atoms with Crippen LogP contribution in [-0.4, -0.2) is 45.6 Å². The Balaban J connectivity index is 2.46. The van der Waals surface area contributed by atoms with Gasteiger partial charge in [-0.1, -0.05) is 6.07 Å². The lowest BCUT2D eigenvalue weighted by Crippen LogP contribution is -2.25. The number of sulfonamides is 1. The number of hydrogen-bond donors (Lipinski definition) is 2. The zero-order valence-corrected chi connectivity index (χ0v) is 11.6. The number of unbranched alkanes of at least 4 members (excludes halogenated alkanes) is 1. The maximum Gasteiger partial charge on any atom is 0.240 e. The number of rotatable bonds is 7. The van der Waals surface area contributed by atoms with E-state index in [1.54, 1.807) is 0 Å². The summed E-state index contributed by atoms with van der Waals surface area (Å²) in [4.78, 5) is 2.15. The largest absolute Gasteiger partial charge is 0.508 e. The lowest BCUT2D eigenvalue weighted by molar-refractivity contribution is 0.394. The van der Waals surface area contributed by atoms with Crippen molar-refractivity contribution in [2.75, 3.05) is 27.2 Å². The Bertz CT molecular complexity index is 472. The number of nitrogens with zero attached hydrogens (tertiary/aromatic N) is 1. The summed E-state index contributed by atoms with van der Waals surface area (Å²) in [5, 5.41) is 9.25. The lowest BCUT2D eigenvalue weighted by Gasteiger charge is -2.10. The van der Waals surface area contributed by atoms with Crippen LogP contribution in [0.3, 0.4) is 0 Å². The van der Waals surface area contributed by atoms with E-state index in [4.69, 9.17) is 0 Å². The van der Waals surface area contributed by atoms with Crippen LogP contribution in [0.5, 0.6) is 5.75 Å². The Morgan fingerprint density at radius 2 is 2.00 bits per heavy atom. The van der Waals surface area contributed by atoms with Gasteiger partial charge in [-0.15, -0.1) is 0 Å². The Labute approximate surface area is 108 Å². The van der Waals surface area contributed by atoms with Crippen molar-refractivity contribution in [2.45, 2.75) is 17.7 Å². The molecule has 0 saturated heterocycles. The third-order valence-electron chi connectivity index (χ3n) is 2.45. The van der Waals surface area contributed by atoms with Crippen molar-refractivity contribution in [1.29, 1.82) is 0 Å². The Morgan fingerprint density at radius 3 is 2.61 bits per heavy atom. The van der Waals surface area contributed by atoms with Crippen LogP contribution in [0.1, 0.15) is 12.8 Å². The van der Waals surface area contributed by atoms with Crippen molar-refractivity contribution in [3.05, 3.63) is 24.3 Å². The number of nitrogens with one attached hydrogen (secondary N) is 1. The Hall–Kier alpha value is -1.11. The predicted molar refractivity (Wildman–Crippen MR) is 71.1 cm³/mol. The highest BCUT2D eigenvalue weighted by Gasteiger charge is 2.13. The fraction of sp³-hybridized carbons (Fsp3) is 0.500. The third kappa shape index (κ3) is 5.03. The van der Waals surface area contributed by atoms with Crippen molar-refractivity contribution in [2.24, 2.45) is 0 Å². The average molecular weight is 272 g/mol. The topological polar surface area (TPSA) is 69.6 Å². The maximum atomic E-state index is 11.8. The first kappa shape index (κ1) is 14.9. The van der Waals surface area contributed by atoms with Crippen molar-refractivity contribution in [1.82, 2.24) is 9.62 Å². The first-order valence-electron chi connectivity index (χ1n) is 5.85. The molecule has 6 heteroatoms. The molecule has 0 amide bonds. The molecule has 0 atom stereocenters. The molecule has 18 heavy (non-hydrogen) atoms. The standard InChI is InChI=1S/C12H20N2O3S/c1-14(2)9-4-3-8-13-18(16,17)12-7-5-6-11(15)10-12/h5-7,10,13,15H,3-4,8-9H2,1-2H3. The summed E-state index contributed by atoms with van der Waals surface area (Å²) >= 11 is 0. The molecule has 0 aliphatic rings. The van der Waals surface area contributed by atoms with Gasteiger partial charge < -0.3 is 10.0 Å². The number of benzene rings is 1. The van der Waals surface area contributed by atoms with Gasteiger partial charge in [-0.3, -0.25) is 0 Å². The van der Waals surface area contributed by atoms with Crippen LogP contribution in [0, 0.1) is 0 Å². The van der Waals surface area contributed by atoms with Gasteiger partial charge in [0.25, 0.3) is 0 Å². The van der Waals surface area contributed by atoms with Crippen molar-refractivity contribution < 1.29 is 13.5 Å². The molecule has 0 radical (unpaired) electrons. The Morgan fingerprint density at radius 1 is 1.28 bits per heavy atom. The van der Waals surface area contributed by atoms with Gasteiger partial charge in [0.2, 0.25) is 10.0 Å². The second-order valence-corrected chi connectivity index (χ2v) is 6.17. The zero-order chi connectivity index (χ0) is 13.6. The van der Waals surface area contributed by atoms with Crippen molar-refractivity contribution >= 4 is 10.0 Å². The molecule has 0 heterocycles. The molecular formula is C12H20N2O3S. The first-order valence-corrected chi connectivity index (χ1v) is 7.33. The summed E-state index contributed by atoms with van der Waals surface area (Å²) in [6, 6.07) is 5.65. The molecule has 0 fully saturated rings. The summed E-state index contributed by atoms with van der Waals surface area (Å²) in [6.07, 6.45) is 1.73. The van der Waals surface area contributed by atoms with E-state index in [1.807, 2.05) is 14.1 Å². The van der Waals surface area contributed by atoms with E-state index in [9.17, 15) is 13.5 Å². The molecule has 5 nitrogen and oxygen atoms in total. The van der Waals surface area contributed by atoms with E-state index in [0.717, 1.165) is 19.4 Å². The summed E-state index contributed by atoms with van der Waals surface area (Å²) in [5.41, 5.74) is 0. The molecule has 0 spiro atoms. The molecule has 102 valence electrons. The van der Waals surface area contributed by atoms with Gasteiger partial charge in [0.1, 0.15) is 5.75 Å². The predicted octanol–water partition coefficient (Wildman–Crippen LogP) is 1.01. The zero-order valence-electron chi connectivity index (χ0n) is 10.8. The minimum atomic E-state index is -3.51. The average Bonchev–Trinajstić information content (AvgIpc) is 2.28. The van der Waals surface area contributed by atoms with Crippen LogP contribution >= 0.6 is 0 Å². The molecule has 0 saturated carbocycles. The van der Waals surface area contributed by atoms with E-state index >= 15 is 0 Å². The Kier molecular flexibility index (Phi) is 5.58. The molecule has 0 bridgehead atoms. The molecule has 2 N–H and O–H groups in total. The monoisotopic (exact) mass is 272 g/mol. The van der Waals surface area contributed by atoms with E-state index in [-0.39, 0.29) is 10.6 Å². The lowest BCUT2D eigenvalue weighted by atomic mass is 10.3. The molecule has 0 unspecified atom stereocenters. The van der Waals surface area contributed by atoms with Crippen LogP contribution in [0.2, 0.25) is 0 Å². The molecule has 0 aliphatic heterocycles. The van der Waals surface area contributed by atoms with E-state index in [2.05, 4.69) is 9.62 Å². The van der Waals surface area contributed by atoms with Crippen LogP contribution in [0.15, 0.2) is 29.2 Å². The molecule has 1 rings (SSSR count). The minimum absolute atomic E-state index is 0.0505. The normalized spacial score (nSPS) is 11.9. The fourth-order valence-electron chi connectivity index (χ4n) is 1.49. The second-order valence-electron chi connectivity index (χ2n) is 4.41. The van der Waals surface area contributed by atoms with Crippen molar-refractivity contribution in [3.63, 3.8) is 0 Å². The highest BCUT2D eigenvalue weighted by molar-refractivity contribution is 7.89. The summed E-state index contributed by atoms with van der Waals surface area (Å²) in [5.74, 6) is -0.0505. The van der Waals surface area contributed by atoms with E-state index in [0.29, 0.717) is 6.54 Å². The minimum Gasteiger partial charge on any atom is -0.508 e. The van der Waals surface area contributed by atoms with Crippen LogP contribution in [0.4, 0.5) is 0 Å². The van der Waals surface area contributed by atoms with Gasteiger partial charge in [0.15, 0.2) is 0 Å². The van der Waals surface area contributed by atoms with Crippen LogP contribution in [0.25, 0.3) is 0 Å². The molecule has 0 aromatic heterocycles. The SMILES string of the molecule is CN(C)CCCCNS(=O)(=O)c1cccc(O)c1. The van der Waals surface area contributed by atoms with Gasteiger partial charge in [-0.2, -0.15) is 0 Å². The van der Waals surface area contributed by atoms with Gasteiger partial charge in [0, 0.05) is 6.54 Å². The fourth-order valence-corrected chi connectivity index (χ4v) is 2.61. The number of phenolic OH excluding ortho intramolecular Hbond substituents is 1. The van der Waals surface area contributed by atoms with Gasteiger partial charge in [-0.25, -0.2) is 13.1 Å². The van der Waals surface area contributed by atoms with Gasteiger partial charge in [-0.05, 0) is 51.7 Å². The summed E-state index contributed by atoms with van der Waals surface area (Å²) in [7, 11) is 0.459. The van der Waals surface area contributed by atoms with E-state index < -0.39 is 10.0 Å². The second kappa shape index (κ2) is 6.72. The van der Waals surface area contributed by atoms with Crippen LogP contribution in [-0.2, 0) is 10.0 Å². The van der Waals surface area contributed by atoms with Gasteiger partial charge in [0.05, 0.1) is 4.90 Å². The molecule has 1 aromatic carbocycles. The van der Waals surface area contributed by atoms with E-state index in [1.165, 1.54) is 24.3 Å².